The standard InChI is InChI=1S/C30H23FN2O9/c31-21-16-33(30(38)32-25(21)34)26-24(42-29(37)20-14-8-3-9-15-20)23(41-28(36)19-12-6-2-7-13-19)22(40-26)17-39-27(35)18-10-4-1-5-11-18/h1-16,22-24,26H,17H2,(H,32,34,38)/t22-,23?,24+,26-/m0/s1/i30+1,32+1,33+1. The molecule has 4 atom stereocenters. The van der Waals surface area contributed by atoms with E-state index in [4.69, 9.17) is 18.9 Å². The van der Waals surface area contributed by atoms with Gasteiger partial charge in [-0.05, 0) is 36.4 Å². The van der Waals surface area contributed by atoms with Crippen LogP contribution in [-0.4, -0.2) is 52.4 Å². The van der Waals surface area contributed by atoms with Crippen molar-refractivity contribution in [2.24, 2.45) is 0 Å². The molecule has 1 aliphatic heterocycles. The fourth-order valence-electron chi connectivity index (χ4n) is 4.33. The van der Waals surface area contributed by atoms with E-state index < -0.39 is 66.1 Å². The maximum atomic E-state index is 14.3. The summed E-state index contributed by atoms with van der Waals surface area (Å²) in [7, 11) is 0. The van der Waals surface area contributed by atoms with E-state index in [0.29, 0.717) is 10.8 Å². The van der Waals surface area contributed by atoms with E-state index in [0.717, 1.165) is 0 Å². The molecular formula is C30H23FN2O9. The summed E-state index contributed by atoms with van der Waals surface area (Å²) in [6, 6.07) is 23.8. The summed E-state index contributed by atoms with van der Waals surface area (Å²) in [6.45, 7) is -0.503. The van der Waals surface area contributed by atoms with Crippen LogP contribution in [0, 0.1) is 5.82 Å². The summed E-state index contributed by atoms with van der Waals surface area (Å²) in [5.41, 5.74) is -1.84. The first kappa shape index (κ1) is 28.2. The first-order valence-corrected chi connectivity index (χ1v) is 12.7. The van der Waals surface area contributed by atoms with Crippen molar-refractivity contribution in [3.8, 4) is 0 Å². The summed E-state index contributed by atoms with van der Waals surface area (Å²) in [5, 5.41) is 0. The first-order valence-electron chi connectivity index (χ1n) is 12.7. The number of nitrogens with zero attached hydrogens (tertiary/aromatic N) is 1. The second-order valence-electron chi connectivity index (χ2n) is 9.15. The van der Waals surface area contributed by atoms with E-state index in [1.54, 1.807) is 54.6 Å². The van der Waals surface area contributed by atoms with Gasteiger partial charge in [0, 0.05) is 0 Å². The van der Waals surface area contributed by atoms with Gasteiger partial charge in [0.15, 0.2) is 18.4 Å². The minimum absolute atomic E-state index is 0.128. The molecule has 0 bridgehead atoms. The predicted molar refractivity (Wildman–Crippen MR) is 143 cm³/mol. The van der Waals surface area contributed by atoms with Gasteiger partial charge in [0.05, 0.1) is 22.9 Å². The number of ether oxygens (including phenoxy) is 4. The minimum Gasteiger partial charge on any atom is -0.459 e. The Morgan fingerprint density at radius 3 is 1.74 bits per heavy atom. The Labute approximate surface area is 237 Å². The zero-order valence-corrected chi connectivity index (χ0v) is 21.8. The average molecular weight is 577 g/mol. The topological polar surface area (TPSA) is 143 Å². The number of rotatable bonds is 8. The van der Waals surface area contributed by atoms with Crippen molar-refractivity contribution >= 4 is 17.9 Å². The number of aromatic nitrogens is 2. The number of aromatic amines is 1. The number of nitrogens with one attached hydrogen (secondary N) is 1. The van der Waals surface area contributed by atoms with Gasteiger partial charge in [0.25, 0.3) is 5.56 Å². The van der Waals surface area contributed by atoms with Crippen LogP contribution in [0.1, 0.15) is 37.3 Å². The number of carbonyl (C=O) groups excluding carboxylic acids is 3. The van der Waals surface area contributed by atoms with Crippen LogP contribution in [0.4, 0.5) is 4.39 Å². The van der Waals surface area contributed by atoms with Crippen molar-refractivity contribution in [2.45, 2.75) is 24.5 Å². The molecule has 0 aliphatic carbocycles. The maximum absolute atomic E-state index is 14.3. The quantitative estimate of drug-likeness (QED) is 0.247. The molecule has 1 unspecified atom stereocenters. The predicted octanol–water partition coefficient (Wildman–Crippen LogP) is 2.88. The van der Waals surface area contributed by atoms with Gasteiger partial charge in [-0.2, -0.15) is 4.39 Å². The molecule has 1 aromatic heterocycles. The Balaban J connectivity index is 1.52. The molecule has 1 N–H and O–H groups in total. The number of halogens is 1. The Bertz CT molecular complexity index is 1690. The first-order chi connectivity index (χ1) is 20.3. The van der Waals surface area contributed by atoms with Crippen LogP contribution in [0.5, 0.6) is 0 Å². The van der Waals surface area contributed by atoms with E-state index in [1.807, 2.05) is 4.98 Å². The molecule has 1 aliphatic rings. The van der Waals surface area contributed by atoms with Gasteiger partial charge in [-0.25, -0.2) is 19.2 Å². The number of H-pyrrole nitrogens is 1. The van der Waals surface area contributed by atoms with E-state index in [2.05, 4.69) is 0 Å². The minimum atomic E-state index is -1.59. The van der Waals surface area contributed by atoms with E-state index in [-0.39, 0.29) is 16.7 Å². The second kappa shape index (κ2) is 12.4. The van der Waals surface area contributed by atoms with Crippen molar-refractivity contribution in [2.75, 3.05) is 6.61 Å². The molecular weight excluding hydrogens is 554 g/mol. The molecule has 5 rings (SSSR count). The third kappa shape index (κ3) is 6.18. The van der Waals surface area contributed by atoms with E-state index in [1.165, 1.54) is 36.4 Å². The lowest BCUT2D eigenvalue weighted by Gasteiger charge is -2.25. The van der Waals surface area contributed by atoms with Crippen LogP contribution in [0.15, 0.2) is 107 Å². The highest BCUT2D eigenvalue weighted by Gasteiger charge is 2.51. The molecule has 0 amide bonds. The molecule has 0 radical (unpaired) electrons. The fraction of sp³-hybridized carbons (Fsp3) is 0.167. The van der Waals surface area contributed by atoms with Gasteiger partial charge in [-0.1, -0.05) is 54.6 Å². The number of carbonyl (C=O) groups is 3. The Morgan fingerprint density at radius 2 is 1.21 bits per heavy atom. The summed E-state index contributed by atoms with van der Waals surface area (Å²) >= 11 is 0. The van der Waals surface area contributed by atoms with Gasteiger partial charge >= 0.3 is 23.6 Å². The highest BCUT2D eigenvalue weighted by molar-refractivity contribution is 5.91. The molecule has 0 spiro atoms. The zero-order chi connectivity index (χ0) is 29.6. The third-order valence-corrected chi connectivity index (χ3v) is 6.38. The second-order valence-corrected chi connectivity index (χ2v) is 9.15. The largest absolute Gasteiger partial charge is 0.459 e. The summed E-state index contributed by atoms with van der Waals surface area (Å²) in [5.74, 6) is -3.73. The molecule has 0 saturated carbocycles. The smallest absolute Gasteiger partial charge is 0.338 e. The van der Waals surface area contributed by atoms with Crippen LogP contribution >= 0.6 is 0 Å². The van der Waals surface area contributed by atoms with Crippen LogP contribution in [0.2, 0.25) is 0 Å². The molecule has 42 heavy (non-hydrogen) atoms. The Hall–Kier alpha value is -5.36. The lowest BCUT2D eigenvalue weighted by molar-refractivity contribution is -0.0643. The monoisotopic (exact) mass is 577 g/mol. The van der Waals surface area contributed by atoms with Crippen molar-refractivity contribution < 1.29 is 37.7 Å². The van der Waals surface area contributed by atoms with Crippen molar-refractivity contribution in [3.63, 3.8) is 0 Å². The van der Waals surface area contributed by atoms with Gasteiger partial charge in [-0.15, -0.1) is 0 Å². The van der Waals surface area contributed by atoms with Crippen LogP contribution < -0.4 is 11.2 Å². The SMILES string of the molecule is O=C(OC[C@@H]1O[C@H]([15n]2cc(F)c(=O)[15nH][13c]2=O)[C@H](OC(=O)c2ccccc2)C1OC(=O)c1ccccc1)c1ccccc1. The maximum Gasteiger partial charge on any atom is 0.338 e. The molecule has 1 fully saturated rings. The van der Waals surface area contributed by atoms with Gasteiger partial charge < -0.3 is 18.9 Å². The zero-order valence-electron chi connectivity index (χ0n) is 21.8. The fourth-order valence-corrected chi connectivity index (χ4v) is 4.33. The molecule has 2 heterocycles. The van der Waals surface area contributed by atoms with E-state index >= 15 is 0 Å². The van der Waals surface area contributed by atoms with Crippen LogP contribution in [-0.2, 0) is 18.9 Å². The summed E-state index contributed by atoms with van der Waals surface area (Å²) < 4.78 is 37.8. The van der Waals surface area contributed by atoms with Gasteiger partial charge in [0.1, 0.15) is 12.7 Å². The highest BCUT2D eigenvalue weighted by atomic mass is 19.1. The van der Waals surface area contributed by atoms with Crippen molar-refractivity contribution in [1.29, 1.82) is 0 Å². The Kier molecular flexibility index (Phi) is 8.34. The van der Waals surface area contributed by atoms with E-state index in [9.17, 15) is 28.4 Å². The Morgan fingerprint density at radius 1 is 0.738 bits per heavy atom. The normalized spacial score (nSPS) is 19.5. The molecule has 1 saturated heterocycles. The number of hydrogen-bond acceptors (Lipinski definition) is 9. The summed E-state index contributed by atoms with van der Waals surface area (Å²) in [4.78, 5) is 65.1. The van der Waals surface area contributed by atoms with Crippen LogP contribution in [0.3, 0.4) is 0 Å². The number of esters is 3. The molecule has 4 aromatic rings. The van der Waals surface area contributed by atoms with Crippen molar-refractivity contribution in [3.05, 3.63) is 141 Å². The van der Waals surface area contributed by atoms with Crippen LogP contribution in [0.25, 0.3) is 0 Å². The summed E-state index contributed by atoms with van der Waals surface area (Å²) in [6.07, 6.45) is -5.28. The molecule has 214 valence electrons. The lowest BCUT2D eigenvalue weighted by Crippen LogP contribution is -2.43. The molecule has 11 nitrogen and oxygen atoms in total. The van der Waals surface area contributed by atoms with Gasteiger partial charge in [0.2, 0.25) is 5.82 Å². The number of hydrogen-bond donors (Lipinski definition) is 1. The third-order valence-electron chi connectivity index (χ3n) is 6.38. The highest BCUT2D eigenvalue weighted by Crippen LogP contribution is 2.34. The average Bonchev–Trinajstić information content (AvgIpc) is 3.34. The lowest BCUT2D eigenvalue weighted by atomic mass is 10.1. The molecule has 12 heteroatoms. The molecule has 3 aromatic carbocycles. The van der Waals surface area contributed by atoms with Crippen molar-refractivity contribution in [1.82, 2.24) is 9.55 Å². The van der Waals surface area contributed by atoms with Gasteiger partial charge in [-0.3, -0.25) is 14.3 Å². The number of benzene rings is 3.